The van der Waals surface area contributed by atoms with Gasteiger partial charge in [0.2, 0.25) is 0 Å². The summed E-state index contributed by atoms with van der Waals surface area (Å²) in [4.78, 5) is 38.5. The predicted octanol–water partition coefficient (Wildman–Crippen LogP) is 2.15. The Kier molecular flexibility index (Phi) is 17.4. The van der Waals surface area contributed by atoms with Gasteiger partial charge in [-0.25, -0.2) is 10.6 Å². The molecule has 0 saturated carbocycles. The standard InChI is InChI=1S/C28H48N6O6/c1-20(18-35)26(36)13-12-23(40-4)10-7-15-31-21(2)27(33-28(37)38)22(19-39-3)9-8-16-34(30)17-24(29)25-11-5-6-14-32-25/h5-6,11,14,17-18,20-23,27,31,33H,7-10,12-13,15-16,19,29-30H2,1-4H3,(H,37,38)/b24-17-. The summed E-state index contributed by atoms with van der Waals surface area (Å²) in [6.07, 6.45) is 6.52. The molecule has 1 amide bonds. The second-order valence-corrected chi connectivity index (χ2v) is 10.0. The Morgan fingerprint density at radius 2 is 1.93 bits per heavy atom. The van der Waals surface area contributed by atoms with Gasteiger partial charge < -0.3 is 40.8 Å². The average molecular weight is 565 g/mol. The zero-order valence-corrected chi connectivity index (χ0v) is 24.3. The molecule has 226 valence electrons. The summed E-state index contributed by atoms with van der Waals surface area (Å²) in [7, 11) is 3.21. The molecule has 0 saturated heterocycles. The number of ether oxygens (including phenoxy) is 2. The van der Waals surface area contributed by atoms with Crippen LogP contribution in [-0.2, 0) is 19.1 Å². The van der Waals surface area contributed by atoms with Crippen molar-refractivity contribution in [3.05, 3.63) is 36.3 Å². The number of nitrogens with two attached hydrogens (primary N) is 2. The minimum Gasteiger partial charge on any atom is -0.465 e. The summed E-state index contributed by atoms with van der Waals surface area (Å²) in [5, 5.41) is 17.1. The third kappa shape index (κ3) is 13.8. The number of carbonyl (C=O) groups is 3. The molecular weight excluding hydrogens is 516 g/mol. The lowest BCUT2D eigenvalue weighted by molar-refractivity contribution is -0.127. The summed E-state index contributed by atoms with van der Waals surface area (Å²) >= 11 is 0. The molecule has 12 nitrogen and oxygen atoms in total. The molecule has 5 atom stereocenters. The lowest BCUT2D eigenvalue weighted by Gasteiger charge is -2.32. The number of carbonyl (C=O) groups excluding carboxylic acids is 2. The van der Waals surface area contributed by atoms with Crippen molar-refractivity contribution < 1.29 is 29.0 Å². The van der Waals surface area contributed by atoms with Crippen molar-refractivity contribution in [2.75, 3.05) is 33.9 Å². The third-order valence-corrected chi connectivity index (χ3v) is 6.90. The normalized spacial score (nSPS) is 15.5. The van der Waals surface area contributed by atoms with E-state index in [0.29, 0.717) is 63.1 Å². The maximum atomic E-state index is 11.9. The average Bonchev–Trinajstić information content (AvgIpc) is 2.94. The highest BCUT2D eigenvalue weighted by Gasteiger charge is 2.28. The fourth-order valence-electron chi connectivity index (χ4n) is 4.53. The Bertz CT molecular complexity index is 903. The van der Waals surface area contributed by atoms with Crippen molar-refractivity contribution in [3.8, 4) is 0 Å². The summed E-state index contributed by atoms with van der Waals surface area (Å²) in [5.74, 6) is 5.35. The van der Waals surface area contributed by atoms with Crippen LogP contribution >= 0.6 is 0 Å². The molecule has 40 heavy (non-hydrogen) atoms. The highest BCUT2D eigenvalue weighted by Crippen LogP contribution is 2.17. The molecule has 0 aliphatic carbocycles. The van der Waals surface area contributed by atoms with Gasteiger partial charge in [-0.1, -0.05) is 6.07 Å². The molecule has 0 bridgehead atoms. The number of hydrazine groups is 1. The third-order valence-electron chi connectivity index (χ3n) is 6.90. The van der Waals surface area contributed by atoms with Crippen LogP contribution in [0.2, 0.25) is 0 Å². The van der Waals surface area contributed by atoms with E-state index in [-0.39, 0.29) is 23.8 Å². The fraction of sp³-hybridized carbons (Fsp3) is 0.643. The van der Waals surface area contributed by atoms with Crippen LogP contribution in [0.5, 0.6) is 0 Å². The highest BCUT2D eigenvalue weighted by atomic mass is 16.5. The molecule has 1 aromatic rings. The van der Waals surface area contributed by atoms with E-state index in [4.69, 9.17) is 21.1 Å². The smallest absolute Gasteiger partial charge is 0.404 e. The molecule has 0 aliphatic heterocycles. The fourth-order valence-corrected chi connectivity index (χ4v) is 4.53. The molecule has 0 aromatic carbocycles. The summed E-state index contributed by atoms with van der Waals surface area (Å²) in [6, 6.07) is 4.90. The number of pyridine rings is 1. The lowest BCUT2D eigenvalue weighted by atomic mass is 9.90. The Morgan fingerprint density at radius 1 is 1.18 bits per heavy atom. The number of ketones is 1. The molecule has 1 rings (SSSR count). The molecule has 0 radical (unpaired) electrons. The van der Waals surface area contributed by atoms with Crippen LogP contribution in [0.15, 0.2) is 30.6 Å². The quantitative estimate of drug-likeness (QED) is 0.0457. The van der Waals surface area contributed by atoms with Crippen molar-refractivity contribution in [3.63, 3.8) is 0 Å². The van der Waals surface area contributed by atoms with Crippen molar-refractivity contribution in [2.45, 2.75) is 70.6 Å². The molecule has 7 N–H and O–H groups in total. The van der Waals surface area contributed by atoms with E-state index in [9.17, 15) is 19.5 Å². The lowest BCUT2D eigenvalue weighted by Crippen LogP contribution is -2.53. The van der Waals surface area contributed by atoms with Crippen LogP contribution in [-0.4, -0.2) is 85.4 Å². The van der Waals surface area contributed by atoms with Gasteiger partial charge in [0, 0.05) is 51.5 Å². The summed E-state index contributed by atoms with van der Waals surface area (Å²) < 4.78 is 10.9. The van der Waals surface area contributed by atoms with E-state index < -0.39 is 18.1 Å². The maximum Gasteiger partial charge on any atom is 0.404 e. The van der Waals surface area contributed by atoms with Gasteiger partial charge in [-0.05, 0) is 64.6 Å². The number of hydrogen-bond donors (Lipinski definition) is 5. The second-order valence-electron chi connectivity index (χ2n) is 10.0. The van der Waals surface area contributed by atoms with Crippen molar-refractivity contribution in [2.24, 2.45) is 23.4 Å². The zero-order valence-electron chi connectivity index (χ0n) is 24.3. The van der Waals surface area contributed by atoms with Gasteiger partial charge in [0.15, 0.2) is 0 Å². The first-order chi connectivity index (χ1) is 19.1. The number of aldehydes is 1. The first kappa shape index (κ1) is 35.0. The van der Waals surface area contributed by atoms with Crippen LogP contribution in [0, 0.1) is 11.8 Å². The molecule has 5 unspecified atom stereocenters. The number of carboxylic acid groups (broad SMARTS) is 1. The number of nitrogens with one attached hydrogen (secondary N) is 2. The van der Waals surface area contributed by atoms with Crippen LogP contribution in [0.25, 0.3) is 5.70 Å². The number of amides is 1. The molecule has 0 spiro atoms. The number of Topliss-reactive ketones (excluding diaryl/α,β-unsaturated/α-hetero) is 1. The Balaban J connectivity index is 2.62. The molecule has 1 aromatic heterocycles. The Hall–Kier alpha value is -3.06. The minimum absolute atomic E-state index is 0.0824. The van der Waals surface area contributed by atoms with E-state index in [1.807, 2.05) is 19.1 Å². The monoisotopic (exact) mass is 564 g/mol. The van der Waals surface area contributed by atoms with Gasteiger partial charge in [-0.2, -0.15) is 0 Å². The highest BCUT2D eigenvalue weighted by molar-refractivity contribution is 5.92. The Labute approximate surface area is 237 Å². The van der Waals surface area contributed by atoms with Gasteiger partial charge in [0.05, 0.1) is 36.1 Å². The maximum absolute atomic E-state index is 11.9. The summed E-state index contributed by atoms with van der Waals surface area (Å²) in [6.45, 7) is 5.09. The molecule has 12 heteroatoms. The number of aromatic nitrogens is 1. The van der Waals surface area contributed by atoms with E-state index >= 15 is 0 Å². The molecule has 0 aliphatic rings. The summed E-state index contributed by atoms with van der Waals surface area (Å²) in [5.41, 5.74) is 7.18. The van der Waals surface area contributed by atoms with Crippen LogP contribution in [0.1, 0.15) is 58.1 Å². The van der Waals surface area contributed by atoms with Crippen LogP contribution < -0.4 is 22.2 Å². The largest absolute Gasteiger partial charge is 0.465 e. The van der Waals surface area contributed by atoms with Crippen LogP contribution in [0.3, 0.4) is 0 Å². The predicted molar refractivity (Wildman–Crippen MR) is 154 cm³/mol. The van der Waals surface area contributed by atoms with Gasteiger partial charge in [-0.15, -0.1) is 0 Å². The zero-order chi connectivity index (χ0) is 29.9. The number of hydrogen-bond acceptors (Lipinski definition) is 10. The molecular formula is C28H48N6O6. The van der Waals surface area contributed by atoms with Gasteiger partial charge in [-0.3, -0.25) is 9.78 Å². The van der Waals surface area contributed by atoms with Gasteiger partial charge >= 0.3 is 6.09 Å². The SMILES string of the molecule is COCC(CCCN(N)/C=C(\N)c1ccccn1)C(NC(=O)O)C(C)NCCCC(CCC(=O)C(C)C=O)OC. The van der Waals surface area contributed by atoms with Crippen LogP contribution in [0.4, 0.5) is 4.79 Å². The van der Waals surface area contributed by atoms with Crippen molar-refractivity contribution >= 4 is 23.9 Å². The number of rotatable bonds is 22. The number of methoxy groups -OCH3 is 2. The van der Waals surface area contributed by atoms with E-state index in [1.165, 1.54) is 5.01 Å². The second kappa shape index (κ2) is 19.9. The van der Waals surface area contributed by atoms with Crippen molar-refractivity contribution in [1.29, 1.82) is 0 Å². The number of nitrogens with zero attached hydrogens (tertiary/aromatic N) is 2. The van der Waals surface area contributed by atoms with Crippen molar-refractivity contribution in [1.82, 2.24) is 20.6 Å². The van der Waals surface area contributed by atoms with Gasteiger partial charge in [0.25, 0.3) is 0 Å². The Morgan fingerprint density at radius 3 is 2.52 bits per heavy atom. The van der Waals surface area contributed by atoms with E-state index in [2.05, 4.69) is 15.6 Å². The van der Waals surface area contributed by atoms with E-state index in [1.54, 1.807) is 39.6 Å². The first-order valence-electron chi connectivity index (χ1n) is 13.7. The first-order valence-corrected chi connectivity index (χ1v) is 13.7. The minimum atomic E-state index is -1.10. The molecule has 1 heterocycles. The topological polar surface area (TPSA) is 182 Å². The molecule has 0 fully saturated rings. The van der Waals surface area contributed by atoms with E-state index in [0.717, 1.165) is 12.8 Å². The van der Waals surface area contributed by atoms with Gasteiger partial charge in [0.1, 0.15) is 12.1 Å².